The number of amides is 3. The maximum absolute atomic E-state index is 13.8. The van der Waals surface area contributed by atoms with Crippen molar-refractivity contribution in [1.82, 2.24) is 15.2 Å². The van der Waals surface area contributed by atoms with Gasteiger partial charge in [-0.1, -0.05) is 35.9 Å². The molecule has 2 aliphatic heterocycles. The number of nitrogens with zero attached hydrogens (tertiary/aromatic N) is 3. The summed E-state index contributed by atoms with van der Waals surface area (Å²) < 4.78 is 5.62. The Morgan fingerprint density at radius 1 is 1.19 bits per heavy atom. The number of para-hydroxylation sites is 1. The number of benzene rings is 2. The molecule has 190 valence electrons. The van der Waals surface area contributed by atoms with E-state index in [4.69, 9.17) is 4.74 Å². The molecule has 1 saturated heterocycles. The molecule has 3 amide bonds. The molecule has 3 heterocycles. The predicted octanol–water partition coefficient (Wildman–Crippen LogP) is 3.67. The molecule has 3 aromatic rings. The van der Waals surface area contributed by atoms with E-state index in [2.05, 4.69) is 16.4 Å². The van der Waals surface area contributed by atoms with Crippen LogP contribution in [0.4, 0.5) is 5.69 Å². The number of aromatic nitrogens is 1. The SMILES string of the molecule is Cc1cccc(-c2sc(C)nc2C(=O)N2C[C@H]3C[C@H]3[C@H]2CNC(=O)c2cccc3c2OCC(=O)N3C)c1. The van der Waals surface area contributed by atoms with Crippen LogP contribution in [0.1, 0.15) is 37.8 Å². The van der Waals surface area contributed by atoms with Crippen LogP contribution in [0.3, 0.4) is 0 Å². The van der Waals surface area contributed by atoms with Gasteiger partial charge in [-0.25, -0.2) is 4.98 Å². The van der Waals surface area contributed by atoms with E-state index in [1.165, 1.54) is 16.2 Å². The van der Waals surface area contributed by atoms with E-state index < -0.39 is 0 Å². The van der Waals surface area contributed by atoms with Crippen molar-refractivity contribution in [3.05, 3.63) is 64.3 Å². The number of carbonyl (C=O) groups is 3. The van der Waals surface area contributed by atoms with Crippen LogP contribution in [0.5, 0.6) is 5.75 Å². The summed E-state index contributed by atoms with van der Waals surface area (Å²) in [6.07, 6.45) is 1.07. The summed E-state index contributed by atoms with van der Waals surface area (Å²) in [7, 11) is 1.67. The minimum absolute atomic E-state index is 0.0760. The summed E-state index contributed by atoms with van der Waals surface area (Å²) in [5.41, 5.74) is 3.58. The van der Waals surface area contributed by atoms with Crippen molar-refractivity contribution >= 4 is 34.7 Å². The maximum Gasteiger partial charge on any atom is 0.274 e. The number of fused-ring (bicyclic) bond motifs is 2. The first-order valence-electron chi connectivity index (χ1n) is 12.5. The lowest BCUT2D eigenvalue weighted by molar-refractivity contribution is -0.121. The Labute approximate surface area is 219 Å². The topological polar surface area (TPSA) is 91.8 Å². The third-order valence-electron chi connectivity index (χ3n) is 7.57. The molecule has 3 atom stereocenters. The van der Waals surface area contributed by atoms with Gasteiger partial charge < -0.3 is 19.9 Å². The van der Waals surface area contributed by atoms with Crippen LogP contribution in [0.15, 0.2) is 42.5 Å². The molecule has 2 fully saturated rings. The van der Waals surface area contributed by atoms with Crippen LogP contribution in [0.25, 0.3) is 10.4 Å². The first kappa shape index (κ1) is 23.7. The normalized spacial score (nSPS) is 21.8. The van der Waals surface area contributed by atoms with Gasteiger partial charge in [0.05, 0.1) is 27.2 Å². The summed E-state index contributed by atoms with van der Waals surface area (Å²) in [5.74, 6) is 0.754. The lowest BCUT2D eigenvalue weighted by atomic mass is 10.1. The monoisotopic (exact) mass is 516 g/mol. The van der Waals surface area contributed by atoms with Crippen molar-refractivity contribution in [2.75, 3.05) is 31.6 Å². The number of aryl methyl sites for hydroxylation is 2. The molecule has 3 aliphatic rings. The highest BCUT2D eigenvalue weighted by Gasteiger charge is 2.54. The summed E-state index contributed by atoms with van der Waals surface area (Å²) in [6, 6.07) is 13.2. The van der Waals surface area contributed by atoms with Crippen LogP contribution < -0.4 is 15.0 Å². The van der Waals surface area contributed by atoms with Crippen LogP contribution in [0.2, 0.25) is 0 Å². The Balaban J connectivity index is 1.21. The number of hydrogen-bond donors (Lipinski definition) is 1. The van der Waals surface area contributed by atoms with Crippen molar-refractivity contribution in [3.63, 3.8) is 0 Å². The fourth-order valence-corrected chi connectivity index (χ4v) is 6.44. The van der Waals surface area contributed by atoms with Crippen LogP contribution in [-0.4, -0.2) is 60.4 Å². The van der Waals surface area contributed by atoms with E-state index in [1.54, 1.807) is 25.2 Å². The number of carbonyl (C=O) groups excluding carboxylic acids is 3. The summed E-state index contributed by atoms with van der Waals surface area (Å²) in [6.45, 7) is 4.90. The molecule has 1 saturated carbocycles. The molecule has 1 N–H and O–H groups in total. The summed E-state index contributed by atoms with van der Waals surface area (Å²) in [4.78, 5) is 47.9. The fraction of sp³-hybridized carbons (Fsp3) is 0.357. The molecule has 37 heavy (non-hydrogen) atoms. The fourth-order valence-electron chi connectivity index (χ4n) is 5.53. The van der Waals surface area contributed by atoms with Crippen LogP contribution in [-0.2, 0) is 4.79 Å². The van der Waals surface area contributed by atoms with E-state index in [9.17, 15) is 14.4 Å². The van der Waals surface area contributed by atoms with Crippen molar-refractivity contribution in [2.24, 2.45) is 11.8 Å². The van der Waals surface area contributed by atoms with Crippen LogP contribution >= 0.6 is 11.3 Å². The second-order valence-corrected chi connectivity index (χ2v) is 11.3. The number of rotatable bonds is 5. The number of likely N-dealkylation sites (tertiary alicyclic amines) is 1. The largest absolute Gasteiger partial charge is 0.481 e. The Hall–Kier alpha value is -3.72. The number of anilines is 1. The van der Waals surface area contributed by atoms with Crippen molar-refractivity contribution in [3.8, 4) is 16.2 Å². The van der Waals surface area contributed by atoms with Gasteiger partial charge in [-0.15, -0.1) is 11.3 Å². The van der Waals surface area contributed by atoms with E-state index in [-0.39, 0.29) is 30.4 Å². The average molecular weight is 517 g/mol. The van der Waals surface area contributed by atoms with E-state index in [1.807, 2.05) is 36.9 Å². The molecular formula is C28H28N4O4S. The van der Waals surface area contributed by atoms with Gasteiger partial charge in [0.25, 0.3) is 17.7 Å². The van der Waals surface area contributed by atoms with E-state index in [0.717, 1.165) is 27.4 Å². The molecule has 6 rings (SSSR count). The number of ether oxygens (including phenoxy) is 1. The smallest absolute Gasteiger partial charge is 0.274 e. The molecule has 1 aliphatic carbocycles. The van der Waals surface area contributed by atoms with E-state index in [0.29, 0.717) is 47.6 Å². The van der Waals surface area contributed by atoms with Gasteiger partial charge in [0.2, 0.25) is 0 Å². The molecule has 9 heteroatoms. The highest BCUT2D eigenvalue weighted by Crippen LogP contribution is 2.50. The molecule has 0 unspecified atom stereocenters. The Morgan fingerprint density at radius 2 is 2.00 bits per heavy atom. The highest BCUT2D eigenvalue weighted by molar-refractivity contribution is 7.15. The maximum atomic E-state index is 13.8. The minimum Gasteiger partial charge on any atom is -0.481 e. The molecule has 2 aromatic carbocycles. The molecular weight excluding hydrogens is 488 g/mol. The molecule has 0 spiro atoms. The van der Waals surface area contributed by atoms with E-state index >= 15 is 0 Å². The average Bonchev–Trinajstić information content (AvgIpc) is 3.40. The summed E-state index contributed by atoms with van der Waals surface area (Å²) in [5, 5.41) is 3.89. The van der Waals surface area contributed by atoms with Gasteiger partial charge in [0, 0.05) is 20.1 Å². The van der Waals surface area contributed by atoms with Gasteiger partial charge in [-0.05, 0) is 49.8 Å². The standard InChI is InChI=1S/C28H28N4O4S/c1-15-6-4-7-17(10-15)26-24(30-16(2)37-26)28(35)32-13-18-11-20(18)22(32)12-29-27(34)19-8-5-9-21-25(19)36-14-23(33)31(21)3/h4-10,18,20,22H,11-14H2,1-3H3,(H,29,34)/t18-,20-,22-/m1/s1. The Kier molecular flexibility index (Phi) is 5.75. The number of nitrogens with one attached hydrogen (secondary N) is 1. The van der Waals surface area contributed by atoms with Gasteiger partial charge in [-0.3, -0.25) is 14.4 Å². The van der Waals surface area contributed by atoms with Crippen molar-refractivity contribution < 1.29 is 19.1 Å². The number of thiazole rings is 1. The van der Waals surface area contributed by atoms with Crippen molar-refractivity contribution in [2.45, 2.75) is 26.3 Å². The van der Waals surface area contributed by atoms with Crippen LogP contribution in [0, 0.1) is 25.7 Å². The molecule has 1 aromatic heterocycles. The minimum atomic E-state index is -0.277. The lowest BCUT2D eigenvalue weighted by Gasteiger charge is -2.29. The first-order valence-corrected chi connectivity index (χ1v) is 13.3. The van der Waals surface area contributed by atoms with Gasteiger partial charge >= 0.3 is 0 Å². The van der Waals surface area contributed by atoms with Crippen molar-refractivity contribution in [1.29, 1.82) is 0 Å². The quantitative estimate of drug-likeness (QED) is 0.559. The first-order chi connectivity index (χ1) is 17.8. The Morgan fingerprint density at radius 3 is 2.81 bits per heavy atom. The molecule has 0 bridgehead atoms. The lowest BCUT2D eigenvalue weighted by Crippen LogP contribution is -2.46. The third-order valence-corrected chi connectivity index (χ3v) is 8.59. The highest BCUT2D eigenvalue weighted by atomic mass is 32.1. The Bertz CT molecular complexity index is 1430. The van der Waals surface area contributed by atoms with Gasteiger partial charge in [0.15, 0.2) is 12.4 Å². The summed E-state index contributed by atoms with van der Waals surface area (Å²) >= 11 is 1.54. The zero-order chi connectivity index (χ0) is 25.8. The van der Waals surface area contributed by atoms with Gasteiger partial charge in [-0.2, -0.15) is 0 Å². The molecule has 0 radical (unpaired) electrons. The number of likely N-dealkylation sites (N-methyl/N-ethyl adjacent to an activating group) is 1. The second-order valence-electron chi connectivity index (χ2n) is 10.1. The zero-order valence-electron chi connectivity index (χ0n) is 21.0. The zero-order valence-corrected chi connectivity index (χ0v) is 21.8. The number of hydrogen-bond acceptors (Lipinski definition) is 6. The third kappa shape index (κ3) is 4.17. The van der Waals surface area contributed by atoms with Gasteiger partial charge in [0.1, 0.15) is 5.69 Å². The second kappa shape index (κ2) is 8.99. The predicted molar refractivity (Wildman–Crippen MR) is 141 cm³/mol. The molecule has 8 nitrogen and oxygen atoms in total. The number of piperidine rings is 1.